The van der Waals surface area contributed by atoms with Crippen LogP contribution < -0.4 is 11.3 Å². The van der Waals surface area contributed by atoms with Crippen molar-refractivity contribution in [2.75, 3.05) is 0 Å². The van der Waals surface area contributed by atoms with Crippen LogP contribution in [-0.2, 0) is 12.6 Å². The number of hydrogen-bond acceptors (Lipinski definition) is 8. The van der Waals surface area contributed by atoms with Crippen LogP contribution >= 0.6 is 11.3 Å². The zero-order chi connectivity index (χ0) is 19.3. The van der Waals surface area contributed by atoms with Gasteiger partial charge < -0.3 is 10.3 Å². The summed E-state index contributed by atoms with van der Waals surface area (Å²) in [4.78, 5) is 22.5. The van der Waals surface area contributed by atoms with Crippen molar-refractivity contribution in [1.29, 1.82) is 0 Å². The van der Waals surface area contributed by atoms with Gasteiger partial charge in [0.2, 0.25) is 0 Å². The molecule has 0 spiro atoms. The summed E-state index contributed by atoms with van der Waals surface area (Å²) in [5.41, 5.74) is 8.70. The molecule has 9 heteroatoms. The molecule has 0 atom stereocenters. The molecule has 3 heterocycles. The SMILES string of the molecule is Cc1nc(-c2c(C)c(C)nn(C)c2=O)sc1-c1nc(C2(N)CCCC2)no1. The fourth-order valence-electron chi connectivity index (χ4n) is 3.55. The second-order valence-corrected chi connectivity index (χ2v) is 8.23. The molecular weight excluding hydrogens is 364 g/mol. The average Bonchev–Trinajstić information content (AvgIpc) is 3.34. The summed E-state index contributed by atoms with van der Waals surface area (Å²) >= 11 is 1.38. The Bertz CT molecular complexity index is 1070. The van der Waals surface area contributed by atoms with Crippen molar-refractivity contribution in [2.24, 2.45) is 12.8 Å². The number of aryl methyl sites for hydroxylation is 3. The Balaban J connectivity index is 1.78. The largest absolute Gasteiger partial charge is 0.333 e. The third-order valence-corrected chi connectivity index (χ3v) is 6.46. The van der Waals surface area contributed by atoms with E-state index >= 15 is 0 Å². The van der Waals surface area contributed by atoms with Gasteiger partial charge in [0.15, 0.2) is 5.82 Å². The molecule has 1 fully saturated rings. The van der Waals surface area contributed by atoms with Crippen LogP contribution in [0.4, 0.5) is 0 Å². The molecule has 0 bridgehead atoms. The lowest BCUT2D eigenvalue weighted by Crippen LogP contribution is -2.34. The van der Waals surface area contributed by atoms with Gasteiger partial charge in [0.1, 0.15) is 9.88 Å². The van der Waals surface area contributed by atoms with E-state index in [4.69, 9.17) is 10.3 Å². The van der Waals surface area contributed by atoms with Gasteiger partial charge in [-0.1, -0.05) is 18.0 Å². The molecule has 3 aromatic rings. The van der Waals surface area contributed by atoms with Gasteiger partial charge in [-0.15, -0.1) is 11.3 Å². The molecule has 27 heavy (non-hydrogen) atoms. The van der Waals surface area contributed by atoms with E-state index in [1.54, 1.807) is 7.05 Å². The third kappa shape index (κ3) is 2.90. The van der Waals surface area contributed by atoms with Crippen LogP contribution in [0.25, 0.3) is 21.3 Å². The van der Waals surface area contributed by atoms with Gasteiger partial charge in [0.05, 0.1) is 22.5 Å². The average molecular weight is 386 g/mol. The van der Waals surface area contributed by atoms with Crippen molar-refractivity contribution in [1.82, 2.24) is 24.9 Å². The van der Waals surface area contributed by atoms with Crippen LogP contribution in [0.2, 0.25) is 0 Å². The van der Waals surface area contributed by atoms with Gasteiger partial charge >= 0.3 is 0 Å². The first-order valence-electron chi connectivity index (χ1n) is 8.96. The van der Waals surface area contributed by atoms with E-state index in [0.717, 1.165) is 47.5 Å². The van der Waals surface area contributed by atoms with Crippen molar-refractivity contribution in [3.63, 3.8) is 0 Å². The number of thiazole rings is 1. The first-order chi connectivity index (χ1) is 12.8. The molecule has 142 valence electrons. The van der Waals surface area contributed by atoms with E-state index < -0.39 is 5.54 Å². The van der Waals surface area contributed by atoms with Crippen molar-refractivity contribution >= 4 is 11.3 Å². The van der Waals surface area contributed by atoms with Gasteiger partial charge in [0.25, 0.3) is 11.4 Å². The fourth-order valence-corrected chi connectivity index (χ4v) is 4.63. The summed E-state index contributed by atoms with van der Waals surface area (Å²) in [6.45, 7) is 5.64. The molecule has 1 aliphatic carbocycles. The number of hydrogen-bond donors (Lipinski definition) is 1. The van der Waals surface area contributed by atoms with E-state index in [-0.39, 0.29) is 5.56 Å². The smallest absolute Gasteiger partial charge is 0.277 e. The lowest BCUT2D eigenvalue weighted by atomic mass is 9.99. The zero-order valence-electron chi connectivity index (χ0n) is 15.9. The second-order valence-electron chi connectivity index (χ2n) is 7.23. The summed E-state index contributed by atoms with van der Waals surface area (Å²) in [5, 5.41) is 8.99. The summed E-state index contributed by atoms with van der Waals surface area (Å²) in [5.74, 6) is 0.958. The summed E-state index contributed by atoms with van der Waals surface area (Å²) < 4.78 is 6.84. The van der Waals surface area contributed by atoms with Gasteiger partial charge in [-0.25, -0.2) is 9.67 Å². The first kappa shape index (κ1) is 18.0. The molecule has 2 N–H and O–H groups in total. The first-order valence-corrected chi connectivity index (χ1v) is 9.77. The van der Waals surface area contributed by atoms with Crippen LogP contribution in [0.5, 0.6) is 0 Å². The predicted octanol–water partition coefficient (Wildman–Crippen LogP) is 2.61. The maximum Gasteiger partial charge on any atom is 0.277 e. The van der Waals surface area contributed by atoms with Crippen LogP contribution in [0.15, 0.2) is 9.32 Å². The molecule has 3 aromatic heterocycles. The highest BCUT2D eigenvalue weighted by atomic mass is 32.1. The van der Waals surface area contributed by atoms with Crippen LogP contribution in [0.1, 0.15) is 48.5 Å². The molecule has 0 radical (unpaired) electrons. The molecule has 0 unspecified atom stereocenters. The number of nitrogens with two attached hydrogens (primary N) is 1. The zero-order valence-corrected chi connectivity index (χ0v) is 16.7. The lowest BCUT2D eigenvalue weighted by molar-refractivity contribution is 0.373. The Morgan fingerprint density at radius 1 is 1.15 bits per heavy atom. The van der Waals surface area contributed by atoms with E-state index in [2.05, 4.69) is 20.2 Å². The second kappa shape index (κ2) is 6.35. The maximum atomic E-state index is 12.6. The Hall–Kier alpha value is -2.39. The molecule has 0 aromatic carbocycles. The van der Waals surface area contributed by atoms with Crippen molar-refractivity contribution in [3.8, 4) is 21.3 Å². The van der Waals surface area contributed by atoms with E-state index in [1.165, 1.54) is 16.0 Å². The summed E-state index contributed by atoms with van der Waals surface area (Å²) in [6.07, 6.45) is 3.89. The maximum absolute atomic E-state index is 12.6. The Morgan fingerprint density at radius 3 is 2.56 bits per heavy atom. The van der Waals surface area contributed by atoms with E-state index in [9.17, 15) is 4.79 Å². The topological polar surface area (TPSA) is 113 Å². The molecule has 0 aliphatic heterocycles. The molecule has 8 nitrogen and oxygen atoms in total. The Labute approximate surface area is 160 Å². The standard InChI is InChI=1S/C18H22N6O2S/c1-9-10(2)22-24(4)16(25)12(9)15-20-11(3)13(27-15)14-21-17(23-26-14)18(19)7-5-6-8-18/h5-8,19H2,1-4H3. The number of aromatic nitrogens is 5. The highest BCUT2D eigenvalue weighted by Gasteiger charge is 2.36. The van der Waals surface area contributed by atoms with Gasteiger partial charge in [0, 0.05) is 7.05 Å². The Morgan fingerprint density at radius 2 is 1.85 bits per heavy atom. The van der Waals surface area contributed by atoms with Gasteiger partial charge in [-0.2, -0.15) is 10.1 Å². The Kier molecular flexibility index (Phi) is 4.23. The molecular formula is C18H22N6O2S. The molecule has 1 aliphatic rings. The molecule has 0 amide bonds. The van der Waals surface area contributed by atoms with E-state index in [0.29, 0.717) is 22.3 Å². The van der Waals surface area contributed by atoms with Crippen molar-refractivity contribution in [2.45, 2.75) is 52.0 Å². The quantitative estimate of drug-likeness (QED) is 0.736. The number of rotatable bonds is 3. The van der Waals surface area contributed by atoms with Crippen molar-refractivity contribution in [3.05, 3.63) is 33.1 Å². The lowest BCUT2D eigenvalue weighted by Gasteiger charge is -2.17. The summed E-state index contributed by atoms with van der Waals surface area (Å²) in [6, 6.07) is 0. The fraction of sp³-hybridized carbons (Fsp3) is 0.500. The molecule has 0 saturated heterocycles. The monoisotopic (exact) mass is 386 g/mol. The van der Waals surface area contributed by atoms with Crippen molar-refractivity contribution < 1.29 is 4.52 Å². The molecule has 4 rings (SSSR count). The summed E-state index contributed by atoms with van der Waals surface area (Å²) in [7, 11) is 1.65. The predicted molar refractivity (Wildman–Crippen MR) is 102 cm³/mol. The van der Waals surface area contributed by atoms with E-state index in [1.807, 2.05) is 20.8 Å². The normalized spacial score (nSPS) is 16.2. The van der Waals surface area contributed by atoms with Crippen LogP contribution in [-0.4, -0.2) is 24.9 Å². The molecule has 1 saturated carbocycles. The third-order valence-electron chi connectivity index (χ3n) is 5.30. The van der Waals surface area contributed by atoms with Gasteiger partial charge in [-0.05, 0) is 39.2 Å². The minimum absolute atomic E-state index is 0.170. The van der Waals surface area contributed by atoms with Crippen LogP contribution in [0, 0.1) is 20.8 Å². The van der Waals surface area contributed by atoms with Crippen LogP contribution in [0.3, 0.4) is 0 Å². The number of nitrogens with zero attached hydrogens (tertiary/aromatic N) is 5. The highest BCUT2D eigenvalue weighted by Crippen LogP contribution is 2.38. The minimum Gasteiger partial charge on any atom is -0.333 e. The van der Waals surface area contributed by atoms with Gasteiger partial charge in [-0.3, -0.25) is 4.79 Å². The highest BCUT2D eigenvalue weighted by molar-refractivity contribution is 7.18. The minimum atomic E-state index is -0.502.